The normalized spacial score (nSPS) is 15.7. The van der Waals surface area contributed by atoms with E-state index in [0.717, 1.165) is 33.3 Å². The molecule has 5 aromatic rings. The van der Waals surface area contributed by atoms with E-state index in [2.05, 4.69) is 47.6 Å². The first-order chi connectivity index (χ1) is 18.0. The van der Waals surface area contributed by atoms with Gasteiger partial charge < -0.3 is 19.6 Å². The molecule has 0 aliphatic carbocycles. The molecule has 2 aromatic heterocycles. The smallest absolute Gasteiger partial charge is 0.255 e. The summed E-state index contributed by atoms with van der Waals surface area (Å²) >= 11 is 0. The van der Waals surface area contributed by atoms with Gasteiger partial charge in [0.05, 0.1) is 24.5 Å². The van der Waals surface area contributed by atoms with Gasteiger partial charge in [0.25, 0.3) is 5.91 Å². The molecule has 6 rings (SSSR count). The van der Waals surface area contributed by atoms with Crippen molar-refractivity contribution in [2.75, 3.05) is 0 Å². The molecule has 0 saturated heterocycles. The fourth-order valence-electron chi connectivity index (χ4n) is 5.29. The molecular formula is C31H27N3O3. The van der Waals surface area contributed by atoms with Gasteiger partial charge in [-0.2, -0.15) is 0 Å². The number of H-pyrrole nitrogens is 1. The first-order valence-electron chi connectivity index (χ1n) is 12.4. The van der Waals surface area contributed by atoms with Crippen LogP contribution >= 0.6 is 0 Å². The summed E-state index contributed by atoms with van der Waals surface area (Å²) in [4.78, 5) is 32.5. The van der Waals surface area contributed by atoms with Gasteiger partial charge in [-0.25, -0.2) is 0 Å². The lowest BCUT2D eigenvalue weighted by Gasteiger charge is -2.31. The summed E-state index contributed by atoms with van der Waals surface area (Å²) < 4.78 is 5.36. The van der Waals surface area contributed by atoms with Gasteiger partial charge in [-0.3, -0.25) is 9.59 Å². The molecule has 184 valence electrons. The highest BCUT2D eigenvalue weighted by molar-refractivity contribution is 6.04. The molecule has 0 radical (unpaired) electrons. The van der Waals surface area contributed by atoms with Crippen molar-refractivity contribution in [2.45, 2.75) is 32.5 Å². The van der Waals surface area contributed by atoms with Crippen LogP contribution < -0.4 is 5.32 Å². The molecule has 6 heteroatoms. The summed E-state index contributed by atoms with van der Waals surface area (Å²) in [7, 11) is 0. The Labute approximate surface area is 214 Å². The van der Waals surface area contributed by atoms with Crippen LogP contribution in [0.4, 0.5) is 0 Å². The number of amides is 2. The van der Waals surface area contributed by atoms with Crippen molar-refractivity contribution in [3.8, 4) is 11.3 Å². The lowest BCUT2D eigenvalue weighted by Crippen LogP contribution is -2.46. The van der Waals surface area contributed by atoms with Crippen molar-refractivity contribution in [1.82, 2.24) is 15.2 Å². The fraction of sp³-hybridized carbons (Fsp3) is 0.161. The number of nitrogens with zero attached hydrogens (tertiary/aromatic N) is 1. The van der Waals surface area contributed by atoms with E-state index in [1.54, 1.807) is 24.2 Å². The molecule has 1 aliphatic heterocycles. The molecule has 2 atom stereocenters. The Morgan fingerprint density at radius 3 is 2.54 bits per heavy atom. The van der Waals surface area contributed by atoms with E-state index in [0.29, 0.717) is 11.3 Å². The SMILES string of the molecule is Cc1ccc(-c2[nH]c3ccccc3c2C2c3ccccc3C(=O)N2C(C)C(=O)NCc2ccco2)cc1. The second kappa shape index (κ2) is 9.13. The minimum Gasteiger partial charge on any atom is -0.467 e. The lowest BCUT2D eigenvalue weighted by atomic mass is 9.92. The van der Waals surface area contributed by atoms with Crippen LogP contribution in [-0.2, 0) is 11.3 Å². The zero-order valence-corrected chi connectivity index (χ0v) is 20.7. The number of para-hydroxylation sites is 1. The van der Waals surface area contributed by atoms with Gasteiger partial charge in [-0.15, -0.1) is 0 Å². The van der Waals surface area contributed by atoms with E-state index in [1.807, 2.05) is 48.5 Å². The second-order valence-corrected chi connectivity index (χ2v) is 9.50. The predicted molar refractivity (Wildman–Crippen MR) is 143 cm³/mol. The van der Waals surface area contributed by atoms with Crippen molar-refractivity contribution in [2.24, 2.45) is 0 Å². The summed E-state index contributed by atoms with van der Waals surface area (Å²) in [6.07, 6.45) is 1.57. The topological polar surface area (TPSA) is 78.3 Å². The number of hydrogen-bond donors (Lipinski definition) is 2. The number of aryl methyl sites for hydroxylation is 1. The minimum atomic E-state index is -0.709. The monoisotopic (exact) mass is 489 g/mol. The molecule has 0 fully saturated rings. The molecule has 37 heavy (non-hydrogen) atoms. The van der Waals surface area contributed by atoms with Crippen LogP contribution in [0.5, 0.6) is 0 Å². The summed E-state index contributed by atoms with van der Waals surface area (Å²) in [5.74, 6) is 0.270. The zero-order valence-electron chi connectivity index (χ0n) is 20.7. The van der Waals surface area contributed by atoms with E-state index in [1.165, 1.54) is 5.56 Å². The Morgan fingerprint density at radius 2 is 1.76 bits per heavy atom. The number of aromatic nitrogens is 1. The number of hydrogen-bond acceptors (Lipinski definition) is 3. The maximum atomic E-state index is 13.8. The molecule has 0 bridgehead atoms. The number of furan rings is 1. The molecule has 2 unspecified atom stereocenters. The van der Waals surface area contributed by atoms with Crippen LogP contribution in [0.25, 0.3) is 22.2 Å². The standard InChI is InChI=1S/C31H27N3O3/c1-19-13-15-21(16-14-19)28-27(25-11-5-6-12-26(25)33-28)29-23-9-3-4-10-24(23)31(36)34(29)20(2)30(35)32-18-22-8-7-17-37-22/h3-17,20,29,33H,18H2,1-2H3,(H,32,35). The Balaban J connectivity index is 1.49. The minimum absolute atomic E-state index is 0.151. The maximum absolute atomic E-state index is 13.8. The van der Waals surface area contributed by atoms with Gasteiger partial charge in [0.1, 0.15) is 11.8 Å². The number of benzene rings is 3. The largest absolute Gasteiger partial charge is 0.467 e. The lowest BCUT2D eigenvalue weighted by molar-refractivity contribution is -0.125. The number of rotatable bonds is 6. The van der Waals surface area contributed by atoms with Gasteiger partial charge in [0.2, 0.25) is 5.91 Å². The van der Waals surface area contributed by atoms with Crippen LogP contribution in [0, 0.1) is 6.92 Å². The average Bonchev–Trinajstić information content (AvgIpc) is 3.64. The highest BCUT2D eigenvalue weighted by Gasteiger charge is 2.44. The second-order valence-electron chi connectivity index (χ2n) is 9.50. The van der Waals surface area contributed by atoms with E-state index in [-0.39, 0.29) is 18.4 Å². The van der Waals surface area contributed by atoms with Crippen LogP contribution in [0.15, 0.2) is 95.6 Å². The third kappa shape index (κ3) is 3.91. The van der Waals surface area contributed by atoms with Crippen LogP contribution in [0.3, 0.4) is 0 Å². The molecule has 0 spiro atoms. The van der Waals surface area contributed by atoms with Crippen molar-refractivity contribution in [3.05, 3.63) is 119 Å². The number of carbonyl (C=O) groups is 2. The summed E-state index contributed by atoms with van der Waals surface area (Å²) in [5, 5.41) is 3.96. The Hall–Kier alpha value is -4.58. The van der Waals surface area contributed by atoms with Gasteiger partial charge in [-0.05, 0) is 49.2 Å². The third-order valence-electron chi connectivity index (χ3n) is 7.17. The van der Waals surface area contributed by atoms with Crippen LogP contribution in [0.2, 0.25) is 0 Å². The van der Waals surface area contributed by atoms with Crippen molar-refractivity contribution < 1.29 is 14.0 Å². The summed E-state index contributed by atoms with van der Waals surface area (Å²) in [6, 6.07) is 26.6. The highest BCUT2D eigenvalue weighted by Crippen LogP contribution is 2.46. The highest BCUT2D eigenvalue weighted by atomic mass is 16.3. The Morgan fingerprint density at radius 1 is 1.00 bits per heavy atom. The average molecular weight is 490 g/mol. The van der Waals surface area contributed by atoms with Gasteiger partial charge in [0.15, 0.2) is 0 Å². The van der Waals surface area contributed by atoms with Crippen LogP contribution in [-0.4, -0.2) is 27.7 Å². The number of carbonyl (C=O) groups excluding carboxylic acids is 2. The molecule has 3 heterocycles. The van der Waals surface area contributed by atoms with Crippen LogP contribution in [0.1, 0.15) is 45.8 Å². The predicted octanol–water partition coefficient (Wildman–Crippen LogP) is 5.99. The van der Waals surface area contributed by atoms with Crippen molar-refractivity contribution in [3.63, 3.8) is 0 Å². The zero-order chi connectivity index (χ0) is 25.5. The van der Waals surface area contributed by atoms with E-state index >= 15 is 0 Å². The number of nitrogens with one attached hydrogen (secondary N) is 2. The molecule has 1 aliphatic rings. The molecule has 6 nitrogen and oxygen atoms in total. The first kappa shape index (κ1) is 22.9. The van der Waals surface area contributed by atoms with Gasteiger partial charge in [0, 0.05) is 22.0 Å². The maximum Gasteiger partial charge on any atom is 0.255 e. The molecule has 2 N–H and O–H groups in total. The summed E-state index contributed by atoms with van der Waals surface area (Å²) in [5.41, 5.74) is 6.65. The van der Waals surface area contributed by atoms with Crippen molar-refractivity contribution >= 4 is 22.7 Å². The third-order valence-corrected chi connectivity index (χ3v) is 7.17. The fourth-order valence-corrected chi connectivity index (χ4v) is 5.29. The molecular weight excluding hydrogens is 462 g/mol. The van der Waals surface area contributed by atoms with Gasteiger partial charge >= 0.3 is 0 Å². The Bertz CT molecular complexity index is 1600. The van der Waals surface area contributed by atoms with E-state index in [4.69, 9.17) is 4.42 Å². The van der Waals surface area contributed by atoms with Crippen molar-refractivity contribution in [1.29, 1.82) is 0 Å². The van der Waals surface area contributed by atoms with Gasteiger partial charge in [-0.1, -0.05) is 66.2 Å². The Kier molecular flexibility index (Phi) is 5.64. The number of aromatic amines is 1. The first-order valence-corrected chi connectivity index (χ1v) is 12.4. The number of fused-ring (bicyclic) bond motifs is 2. The molecule has 0 saturated carbocycles. The van der Waals surface area contributed by atoms with E-state index in [9.17, 15) is 9.59 Å². The summed E-state index contributed by atoms with van der Waals surface area (Å²) in [6.45, 7) is 4.11. The van der Waals surface area contributed by atoms with E-state index < -0.39 is 12.1 Å². The quantitative estimate of drug-likeness (QED) is 0.308. The molecule has 3 aromatic carbocycles. The molecule has 2 amide bonds.